The van der Waals surface area contributed by atoms with E-state index in [9.17, 15) is 0 Å². The molecule has 0 aliphatic rings. The molecule has 0 saturated heterocycles. The Balaban J connectivity index is 1.74. The zero-order valence-corrected chi connectivity index (χ0v) is 11.2. The van der Waals surface area contributed by atoms with Gasteiger partial charge in [0, 0.05) is 12.6 Å². The fourth-order valence-electron chi connectivity index (χ4n) is 1.91. The highest BCUT2D eigenvalue weighted by molar-refractivity contribution is 5.51. The minimum Gasteiger partial charge on any atom is -0.490 e. The molecule has 0 aliphatic carbocycles. The first-order valence-corrected chi connectivity index (χ1v) is 6.53. The van der Waals surface area contributed by atoms with E-state index >= 15 is 0 Å². The second-order valence-electron chi connectivity index (χ2n) is 4.47. The summed E-state index contributed by atoms with van der Waals surface area (Å²) in [6.07, 6.45) is 0. The zero-order chi connectivity index (χ0) is 13.5. The Bertz CT molecular complexity index is 499. The quantitative estimate of drug-likeness (QED) is 0.617. The van der Waals surface area contributed by atoms with E-state index < -0.39 is 0 Å². The lowest BCUT2D eigenvalue weighted by Gasteiger charge is -2.15. The molecule has 0 spiro atoms. The number of hydrogen-bond acceptors (Lipinski definition) is 3. The van der Waals surface area contributed by atoms with Crippen molar-refractivity contribution >= 4 is 5.69 Å². The molecule has 2 rings (SSSR count). The molecule has 0 bridgehead atoms. The Morgan fingerprint density at radius 2 is 1.74 bits per heavy atom. The maximum atomic E-state index is 5.81. The molecule has 100 valence electrons. The van der Waals surface area contributed by atoms with E-state index in [1.54, 1.807) is 0 Å². The minimum atomic E-state index is 0.318. The number of nitrogens with two attached hydrogens (primary N) is 1. The van der Waals surface area contributed by atoms with E-state index in [0.717, 1.165) is 12.3 Å². The Hall–Kier alpha value is -2.00. The van der Waals surface area contributed by atoms with Gasteiger partial charge < -0.3 is 15.8 Å². The average molecular weight is 256 g/mol. The third-order valence-corrected chi connectivity index (χ3v) is 3.03. The number of para-hydroxylation sites is 2. The van der Waals surface area contributed by atoms with E-state index in [1.807, 2.05) is 30.3 Å². The lowest BCUT2D eigenvalue weighted by Crippen LogP contribution is -2.24. The van der Waals surface area contributed by atoms with Gasteiger partial charge in [-0.15, -0.1) is 0 Å². The molecule has 0 aliphatic heterocycles. The maximum absolute atomic E-state index is 5.81. The number of nitrogens with one attached hydrogen (secondary N) is 1. The van der Waals surface area contributed by atoms with Crippen LogP contribution in [0.1, 0.15) is 18.5 Å². The highest BCUT2D eigenvalue weighted by Gasteiger charge is 2.03. The van der Waals surface area contributed by atoms with Gasteiger partial charge in [-0.05, 0) is 24.6 Å². The van der Waals surface area contributed by atoms with Crippen molar-refractivity contribution < 1.29 is 4.74 Å². The molecule has 1 unspecified atom stereocenters. The summed E-state index contributed by atoms with van der Waals surface area (Å²) in [5.41, 5.74) is 7.77. The average Bonchev–Trinajstić information content (AvgIpc) is 2.46. The molecular formula is C16H20N2O. The van der Waals surface area contributed by atoms with Crippen LogP contribution in [-0.2, 0) is 0 Å². The normalized spacial score (nSPS) is 12.1. The standard InChI is InChI=1S/C16H20N2O/c1-13(14-7-3-2-4-8-14)18-11-12-19-16-10-6-5-9-15(16)17/h2-10,13,18H,11-12,17H2,1H3. The van der Waals surface area contributed by atoms with Crippen molar-refractivity contribution in [2.45, 2.75) is 13.0 Å². The number of anilines is 1. The van der Waals surface area contributed by atoms with Crippen LogP contribution < -0.4 is 15.8 Å². The Labute approximate surface area is 114 Å². The first-order chi connectivity index (χ1) is 9.27. The van der Waals surface area contributed by atoms with Gasteiger partial charge in [0.1, 0.15) is 12.4 Å². The summed E-state index contributed by atoms with van der Waals surface area (Å²) in [5, 5.41) is 3.42. The van der Waals surface area contributed by atoms with Gasteiger partial charge >= 0.3 is 0 Å². The molecule has 3 N–H and O–H groups in total. The third-order valence-electron chi connectivity index (χ3n) is 3.03. The molecule has 0 aromatic heterocycles. The van der Waals surface area contributed by atoms with E-state index in [1.165, 1.54) is 5.56 Å². The monoisotopic (exact) mass is 256 g/mol. The van der Waals surface area contributed by atoms with Gasteiger partial charge in [0.2, 0.25) is 0 Å². The zero-order valence-electron chi connectivity index (χ0n) is 11.2. The number of ether oxygens (including phenoxy) is 1. The van der Waals surface area contributed by atoms with Crippen molar-refractivity contribution in [1.82, 2.24) is 5.32 Å². The van der Waals surface area contributed by atoms with Gasteiger partial charge in [0.25, 0.3) is 0 Å². The number of hydrogen-bond donors (Lipinski definition) is 2. The van der Waals surface area contributed by atoms with Gasteiger partial charge in [0.05, 0.1) is 5.69 Å². The summed E-state index contributed by atoms with van der Waals surface area (Å²) in [6.45, 7) is 3.53. The summed E-state index contributed by atoms with van der Waals surface area (Å²) in [6, 6.07) is 18.2. The minimum absolute atomic E-state index is 0.318. The van der Waals surface area contributed by atoms with Gasteiger partial charge in [-0.3, -0.25) is 0 Å². The second kappa shape index (κ2) is 6.81. The van der Waals surface area contributed by atoms with Crippen LogP contribution >= 0.6 is 0 Å². The van der Waals surface area contributed by atoms with Crippen LogP contribution in [0.3, 0.4) is 0 Å². The van der Waals surface area contributed by atoms with Gasteiger partial charge in [-0.1, -0.05) is 42.5 Å². The van der Waals surface area contributed by atoms with Gasteiger partial charge in [-0.2, -0.15) is 0 Å². The molecule has 2 aromatic carbocycles. The first-order valence-electron chi connectivity index (χ1n) is 6.53. The van der Waals surface area contributed by atoms with Crippen LogP contribution in [0.4, 0.5) is 5.69 Å². The highest BCUT2D eigenvalue weighted by Crippen LogP contribution is 2.19. The molecular weight excluding hydrogens is 236 g/mol. The summed E-state index contributed by atoms with van der Waals surface area (Å²) in [7, 11) is 0. The molecule has 0 fully saturated rings. The summed E-state index contributed by atoms with van der Waals surface area (Å²) >= 11 is 0. The fourth-order valence-corrected chi connectivity index (χ4v) is 1.91. The Kier molecular flexibility index (Phi) is 4.81. The van der Waals surface area contributed by atoms with Crippen molar-refractivity contribution in [3.63, 3.8) is 0 Å². The smallest absolute Gasteiger partial charge is 0.142 e. The lowest BCUT2D eigenvalue weighted by atomic mass is 10.1. The van der Waals surface area contributed by atoms with Gasteiger partial charge in [0.15, 0.2) is 0 Å². The SMILES string of the molecule is CC(NCCOc1ccccc1N)c1ccccc1. The van der Waals surface area contributed by atoms with Crippen LogP contribution in [0.2, 0.25) is 0 Å². The molecule has 1 atom stereocenters. The molecule has 2 aromatic rings. The van der Waals surface area contributed by atoms with Crippen LogP contribution in [0.15, 0.2) is 54.6 Å². The van der Waals surface area contributed by atoms with Crippen molar-refractivity contribution in [1.29, 1.82) is 0 Å². The molecule has 3 nitrogen and oxygen atoms in total. The van der Waals surface area contributed by atoms with Crippen LogP contribution in [0.5, 0.6) is 5.75 Å². The second-order valence-corrected chi connectivity index (χ2v) is 4.47. The summed E-state index contributed by atoms with van der Waals surface area (Å²) < 4.78 is 5.64. The fraction of sp³-hybridized carbons (Fsp3) is 0.250. The number of rotatable bonds is 6. The highest BCUT2D eigenvalue weighted by atomic mass is 16.5. The van der Waals surface area contributed by atoms with Crippen LogP contribution in [0, 0.1) is 0 Å². The lowest BCUT2D eigenvalue weighted by molar-refractivity contribution is 0.309. The van der Waals surface area contributed by atoms with Crippen molar-refractivity contribution in [3.05, 3.63) is 60.2 Å². The molecule has 0 heterocycles. The molecule has 0 saturated carbocycles. The summed E-state index contributed by atoms with van der Waals surface area (Å²) in [4.78, 5) is 0. The number of nitrogen functional groups attached to an aromatic ring is 1. The van der Waals surface area contributed by atoms with Crippen molar-refractivity contribution in [3.8, 4) is 5.75 Å². The third kappa shape index (κ3) is 4.00. The molecule has 0 radical (unpaired) electrons. The maximum Gasteiger partial charge on any atom is 0.142 e. The van der Waals surface area contributed by atoms with Crippen molar-refractivity contribution in [2.75, 3.05) is 18.9 Å². The molecule has 3 heteroatoms. The topological polar surface area (TPSA) is 47.3 Å². The largest absolute Gasteiger partial charge is 0.490 e. The first kappa shape index (κ1) is 13.4. The Morgan fingerprint density at radius 3 is 2.47 bits per heavy atom. The van der Waals surface area contributed by atoms with Crippen LogP contribution in [0.25, 0.3) is 0 Å². The van der Waals surface area contributed by atoms with Gasteiger partial charge in [-0.25, -0.2) is 0 Å². The molecule has 19 heavy (non-hydrogen) atoms. The van der Waals surface area contributed by atoms with E-state index in [4.69, 9.17) is 10.5 Å². The van der Waals surface area contributed by atoms with Crippen molar-refractivity contribution in [2.24, 2.45) is 0 Å². The van der Waals surface area contributed by atoms with E-state index in [2.05, 4.69) is 36.5 Å². The number of benzene rings is 2. The predicted molar refractivity (Wildman–Crippen MR) is 79.2 cm³/mol. The van der Waals surface area contributed by atoms with E-state index in [-0.39, 0.29) is 0 Å². The molecule has 0 amide bonds. The van der Waals surface area contributed by atoms with Crippen LogP contribution in [-0.4, -0.2) is 13.2 Å². The Morgan fingerprint density at radius 1 is 1.05 bits per heavy atom. The summed E-state index contributed by atoms with van der Waals surface area (Å²) in [5.74, 6) is 0.747. The van der Waals surface area contributed by atoms with E-state index in [0.29, 0.717) is 18.3 Å². The predicted octanol–water partition coefficient (Wildman–Crippen LogP) is 3.00.